The van der Waals surface area contributed by atoms with Crippen LogP contribution in [0.3, 0.4) is 0 Å². The van der Waals surface area contributed by atoms with Gasteiger partial charge in [0.15, 0.2) is 0 Å². The zero-order chi connectivity index (χ0) is 36.7. The first-order valence-corrected chi connectivity index (χ1v) is 19.8. The lowest BCUT2D eigenvalue weighted by molar-refractivity contribution is 0.672. The van der Waals surface area contributed by atoms with Crippen molar-refractivity contribution in [1.29, 1.82) is 0 Å². The molecule has 0 fully saturated rings. The fourth-order valence-electron chi connectivity index (χ4n) is 8.93. The van der Waals surface area contributed by atoms with Gasteiger partial charge >= 0.3 is 0 Å². The molecule has 0 N–H and O–H groups in total. The summed E-state index contributed by atoms with van der Waals surface area (Å²) in [5, 5.41) is 9.60. The third-order valence-corrected chi connectivity index (χ3v) is 12.5. The van der Waals surface area contributed by atoms with Crippen LogP contribution in [0.2, 0.25) is 0 Å². The van der Waals surface area contributed by atoms with Crippen LogP contribution in [0.1, 0.15) is 0 Å². The highest BCUT2D eigenvalue weighted by Crippen LogP contribution is 2.46. The summed E-state index contributed by atoms with van der Waals surface area (Å²) < 4.78 is 11.7. The van der Waals surface area contributed by atoms with Gasteiger partial charge in [0.2, 0.25) is 0 Å². The van der Waals surface area contributed by atoms with Crippen molar-refractivity contribution in [2.24, 2.45) is 0 Å². The second-order valence-electron chi connectivity index (χ2n) is 14.5. The van der Waals surface area contributed by atoms with E-state index in [1.807, 2.05) is 11.3 Å². The molecule has 0 saturated heterocycles. The molecule has 262 valence electrons. The van der Waals surface area contributed by atoms with E-state index in [-0.39, 0.29) is 0 Å². The van der Waals surface area contributed by atoms with Gasteiger partial charge in [-0.15, -0.1) is 11.3 Å². The summed E-state index contributed by atoms with van der Waals surface area (Å²) in [6.45, 7) is 0. The molecule has 0 saturated carbocycles. The van der Waals surface area contributed by atoms with Gasteiger partial charge in [-0.1, -0.05) is 115 Å². The number of rotatable bonds is 5. The van der Waals surface area contributed by atoms with Gasteiger partial charge in [-0.05, 0) is 95.4 Å². The molecule has 0 unspecified atom stereocenters. The average Bonchev–Trinajstić information content (AvgIpc) is 3.95. The number of anilines is 3. The van der Waals surface area contributed by atoms with Crippen LogP contribution in [0.5, 0.6) is 0 Å². The second-order valence-corrected chi connectivity index (χ2v) is 15.5. The number of hydrogen-bond acceptors (Lipinski definition) is 3. The molecular formula is C52H32N2OS. The number of furan rings is 1. The molecule has 0 amide bonds. The monoisotopic (exact) mass is 732 g/mol. The zero-order valence-electron chi connectivity index (χ0n) is 30.2. The summed E-state index contributed by atoms with van der Waals surface area (Å²) in [6.07, 6.45) is 0. The molecule has 12 aromatic rings. The smallest absolute Gasteiger partial charge is 0.143 e. The third kappa shape index (κ3) is 4.63. The highest BCUT2D eigenvalue weighted by Gasteiger charge is 2.22. The Hall–Kier alpha value is -7.14. The summed E-state index contributed by atoms with van der Waals surface area (Å²) >= 11 is 1.86. The molecule has 3 heterocycles. The fourth-order valence-corrected chi connectivity index (χ4v) is 10.1. The molecule has 3 nitrogen and oxygen atoms in total. The number of thiophene rings is 1. The average molecular weight is 733 g/mol. The summed E-state index contributed by atoms with van der Waals surface area (Å²) in [5.74, 6) is 0. The highest BCUT2D eigenvalue weighted by atomic mass is 32.1. The Kier molecular flexibility index (Phi) is 6.80. The fraction of sp³-hybridized carbons (Fsp3) is 0. The number of nitrogens with zero attached hydrogens (tertiary/aromatic N) is 2. The molecule has 0 aliphatic rings. The minimum Gasteiger partial charge on any atom is -0.455 e. The maximum atomic E-state index is 6.72. The molecule has 0 aliphatic carbocycles. The largest absolute Gasteiger partial charge is 0.455 e. The van der Waals surface area contributed by atoms with Gasteiger partial charge in [0, 0.05) is 58.8 Å². The molecule has 0 bridgehead atoms. The van der Waals surface area contributed by atoms with Gasteiger partial charge in [-0.3, -0.25) is 0 Å². The van der Waals surface area contributed by atoms with Gasteiger partial charge < -0.3 is 13.9 Å². The molecular weight excluding hydrogens is 701 g/mol. The molecule has 3 aromatic heterocycles. The molecule has 4 heteroatoms. The Balaban J connectivity index is 1.09. The molecule has 12 rings (SSSR count). The highest BCUT2D eigenvalue weighted by molar-refractivity contribution is 7.25. The van der Waals surface area contributed by atoms with Gasteiger partial charge in [-0.2, -0.15) is 0 Å². The summed E-state index contributed by atoms with van der Waals surface area (Å²) in [7, 11) is 0. The van der Waals surface area contributed by atoms with Crippen LogP contribution in [0.25, 0.3) is 91.5 Å². The van der Waals surface area contributed by atoms with Crippen LogP contribution in [0.4, 0.5) is 17.1 Å². The molecule has 56 heavy (non-hydrogen) atoms. The number of aromatic nitrogens is 1. The zero-order valence-corrected chi connectivity index (χ0v) is 31.0. The predicted molar refractivity (Wildman–Crippen MR) is 239 cm³/mol. The first kappa shape index (κ1) is 31.2. The van der Waals surface area contributed by atoms with Crippen molar-refractivity contribution in [3.05, 3.63) is 194 Å². The van der Waals surface area contributed by atoms with Gasteiger partial charge in [-0.25, -0.2) is 0 Å². The van der Waals surface area contributed by atoms with E-state index in [0.29, 0.717) is 0 Å². The van der Waals surface area contributed by atoms with Crippen LogP contribution in [0, 0.1) is 0 Å². The third-order valence-electron chi connectivity index (χ3n) is 11.4. The molecule has 0 atom stereocenters. The minimum atomic E-state index is 0.867. The SMILES string of the molecule is c1cc(-c2cccc3sc4ccccc4c23)cc(N(c2ccc(-n3c4ccccc4c4ccccc43)cc2)c2cccc3oc4c5ccccc5ccc4c23)c1. The Bertz CT molecular complexity index is 3440. The van der Waals surface area contributed by atoms with Crippen LogP contribution in [-0.4, -0.2) is 4.57 Å². The van der Waals surface area contributed by atoms with E-state index in [1.54, 1.807) is 0 Å². The first-order valence-electron chi connectivity index (χ1n) is 19.0. The van der Waals surface area contributed by atoms with E-state index >= 15 is 0 Å². The summed E-state index contributed by atoms with van der Waals surface area (Å²) in [5.41, 5.74) is 10.9. The lowest BCUT2D eigenvalue weighted by Gasteiger charge is -2.27. The van der Waals surface area contributed by atoms with E-state index in [9.17, 15) is 0 Å². The van der Waals surface area contributed by atoms with Crippen molar-refractivity contribution in [3.63, 3.8) is 0 Å². The van der Waals surface area contributed by atoms with Gasteiger partial charge in [0.05, 0.1) is 22.1 Å². The molecule has 9 aromatic carbocycles. The maximum Gasteiger partial charge on any atom is 0.143 e. The van der Waals surface area contributed by atoms with Gasteiger partial charge in [0.25, 0.3) is 0 Å². The van der Waals surface area contributed by atoms with Crippen molar-refractivity contribution >= 4 is 103 Å². The Labute approximate surface area is 326 Å². The van der Waals surface area contributed by atoms with Crippen molar-refractivity contribution in [1.82, 2.24) is 4.57 Å². The Morgan fingerprint density at radius 2 is 1.12 bits per heavy atom. The van der Waals surface area contributed by atoms with E-state index < -0.39 is 0 Å². The molecule has 0 aliphatic heterocycles. The van der Waals surface area contributed by atoms with Crippen molar-refractivity contribution in [2.45, 2.75) is 0 Å². The number of para-hydroxylation sites is 2. The van der Waals surface area contributed by atoms with Crippen LogP contribution in [0.15, 0.2) is 199 Å². The van der Waals surface area contributed by atoms with Crippen LogP contribution >= 0.6 is 11.3 Å². The molecule has 0 radical (unpaired) electrons. The molecule has 0 spiro atoms. The number of hydrogen-bond donors (Lipinski definition) is 0. The maximum absolute atomic E-state index is 6.72. The lowest BCUT2D eigenvalue weighted by atomic mass is 9.98. The van der Waals surface area contributed by atoms with Crippen LogP contribution < -0.4 is 4.90 Å². The van der Waals surface area contributed by atoms with E-state index in [1.165, 1.54) is 58.5 Å². The van der Waals surface area contributed by atoms with E-state index in [2.05, 4.69) is 204 Å². The topological polar surface area (TPSA) is 21.3 Å². The number of benzene rings is 9. The van der Waals surface area contributed by atoms with E-state index in [0.717, 1.165) is 50.1 Å². The van der Waals surface area contributed by atoms with Gasteiger partial charge in [0.1, 0.15) is 11.2 Å². The van der Waals surface area contributed by atoms with Crippen molar-refractivity contribution < 1.29 is 4.42 Å². The normalized spacial score (nSPS) is 11.9. The first-order chi connectivity index (χ1) is 27.8. The second kappa shape index (κ2) is 12.2. The van der Waals surface area contributed by atoms with Crippen molar-refractivity contribution in [3.8, 4) is 16.8 Å². The summed E-state index contributed by atoms with van der Waals surface area (Å²) in [6, 6.07) is 70.2. The van der Waals surface area contributed by atoms with Crippen molar-refractivity contribution in [2.75, 3.05) is 4.90 Å². The minimum absolute atomic E-state index is 0.867. The van der Waals surface area contributed by atoms with Crippen LogP contribution in [-0.2, 0) is 0 Å². The standard InChI is InChI=1S/C52H32N2OS/c1-2-15-39-33(12-1)26-31-43-51-46(22-11-23-47(51)55-52(39)43)53(35-27-29-36(30-28-35)54-44-20-6-3-16-40(44)41-17-4-7-21-45(41)54)37-14-9-13-34(32-37)38-19-10-25-49-50(38)42-18-5-8-24-48(42)56-49/h1-32H. The lowest BCUT2D eigenvalue weighted by Crippen LogP contribution is -2.10. The quantitative estimate of drug-likeness (QED) is 0.176. The predicted octanol–water partition coefficient (Wildman–Crippen LogP) is 15.3. The number of fused-ring (bicyclic) bond motifs is 11. The van der Waals surface area contributed by atoms with E-state index in [4.69, 9.17) is 4.42 Å². The Morgan fingerprint density at radius 1 is 0.446 bits per heavy atom. The Morgan fingerprint density at radius 3 is 1.95 bits per heavy atom. The summed E-state index contributed by atoms with van der Waals surface area (Å²) in [4.78, 5) is 2.40.